The number of hydrogen-bond acceptors (Lipinski definition) is 4. The van der Waals surface area contributed by atoms with Crippen LogP contribution in [0.1, 0.15) is 18.4 Å². The maximum absolute atomic E-state index is 9.22. The Morgan fingerprint density at radius 3 is 3.06 bits per heavy atom. The molecule has 0 aromatic heterocycles. The predicted octanol–water partition coefficient (Wildman–Crippen LogP) is 1.35. The maximum atomic E-state index is 9.22. The molecule has 1 unspecified atom stereocenters. The normalized spacial score (nSPS) is 20.0. The lowest BCUT2D eigenvalue weighted by atomic mass is 9.98. The van der Waals surface area contributed by atoms with E-state index in [9.17, 15) is 5.11 Å². The Bertz CT molecular complexity index is 439. The number of benzene rings is 1. The fraction of sp³-hybridized carbons (Fsp3) is 0.462. The molecule has 1 aromatic carbocycles. The van der Waals surface area contributed by atoms with E-state index in [2.05, 4.69) is 11.0 Å². The van der Waals surface area contributed by atoms with E-state index in [4.69, 9.17) is 11.0 Å². The highest BCUT2D eigenvalue weighted by atomic mass is 16.3. The number of aliphatic hydroxyl groups is 1. The van der Waals surface area contributed by atoms with Crippen LogP contribution < -0.4 is 10.6 Å². The lowest BCUT2D eigenvalue weighted by Gasteiger charge is -2.34. The molecule has 1 aromatic rings. The molecular formula is C13H17N3O. The minimum absolute atomic E-state index is 0.217. The van der Waals surface area contributed by atoms with E-state index in [1.165, 1.54) is 0 Å². The number of anilines is 2. The Hall–Kier alpha value is -1.73. The van der Waals surface area contributed by atoms with Gasteiger partial charge in [-0.2, -0.15) is 5.26 Å². The molecule has 0 radical (unpaired) electrons. The van der Waals surface area contributed by atoms with Gasteiger partial charge in [-0.15, -0.1) is 0 Å². The first-order chi connectivity index (χ1) is 8.26. The first kappa shape index (κ1) is 11.7. The average Bonchev–Trinajstić information content (AvgIpc) is 2.39. The summed E-state index contributed by atoms with van der Waals surface area (Å²) >= 11 is 0. The molecule has 2 rings (SSSR count). The van der Waals surface area contributed by atoms with Gasteiger partial charge in [-0.05, 0) is 30.9 Å². The third-order valence-corrected chi connectivity index (χ3v) is 3.32. The van der Waals surface area contributed by atoms with Gasteiger partial charge in [0.1, 0.15) is 6.07 Å². The Kier molecular flexibility index (Phi) is 3.50. The molecule has 0 spiro atoms. The molecule has 1 saturated heterocycles. The number of piperidine rings is 1. The second-order valence-electron chi connectivity index (χ2n) is 4.49. The van der Waals surface area contributed by atoms with Crippen LogP contribution in [0.3, 0.4) is 0 Å². The summed E-state index contributed by atoms with van der Waals surface area (Å²) < 4.78 is 0. The van der Waals surface area contributed by atoms with E-state index < -0.39 is 0 Å². The van der Waals surface area contributed by atoms with E-state index in [1.807, 2.05) is 12.1 Å². The Balaban J connectivity index is 2.25. The van der Waals surface area contributed by atoms with Crippen LogP contribution in [-0.2, 0) is 0 Å². The van der Waals surface area contributed by atoms with Crippen LogP contribution in [0.2, 0.25) is 0 Å². The summed E-state index contributed by atoms with van der Waals surface area (Å²) in [4.78, 5) is 2.17. The van der Waals surface area contributed by atoms with Gasteiger partial charge in [-0.1, -0.05) is 6.07 Å². The topological polar surface area (TPSA) is 73.3 Å². The molecule has 17 heavy (non-hydrogen) atoms. The molecule has 4 nitrogen and oxygen atoms in total. The zero-order valence-corrected chi connectivity index (χ0v) is 9.76. The molecule has 3 N–H and O–H groups in total. The first-order valence-corrected chi connectivity index (χ1v) is 5.90. The third-order valence-electron chi connectivity index (χ3n) is 3.32. The first-order valence-electron chi connectivity index (χ1n) is 5.90. The molecule has 0 amide bonds. The smallest absolute Gasteiger partial charge is 0.101 e. The Morgan fingerprint density at radius 1 is 1.53 bits per heavy atom. The van der Waals surface area contributed by atoms with Gasteiger partial charge >= 0.3 is 0 Å². The summed E-state index contributed by atoms with van der Waals surface area (Å²) in [6, 6.07) is 7.62. The van der Waals surface area contributed by atoms with Crippen molar-refractivity contribution in [3.8, 4) is 6.07 Å². The summed E-state index contributed by atoms with van der Waals surface area (Å²) in [5.74, 6) is 0.314. The fourth-order valence-electron chi connectivity index (χ4n) is 2.36. The molecule has 4 heteroatoms. The van der Waals surface area contributed by atoms with E-state index in [0.29, 0.717) is 17.2 Å². The van der Waals surface area contributed by atoms with Crippen LogP contribution in [0.4, 0.5) is 11.4 Å². The molecule has 1 aliphatic heterocycles. The van der Waals surface area contributed by atoms with Crippen molar-refractivity contribution in [1.82, 2.24) is 0 Å². The number of rotatable bonds is 2. The number of nitriles is 1. The van der Waals surface area contributed by atoms with Crippen molar-refractivity contribution in [2.45, 2.75) is 12.8 Å². The minimum atomic E-state index is 0.217. The van der Waals surface area contributed by atoms with Crippen LogP contribution in [0.25, 0.3) is 0 Å². The van der Waals surface area contributed by atoms with Crippen LogP contribution in [0.5, 0.6) is 0 Å². The predicted molar refractivity (Wildman–Crippen MR) is 67.6 cm³/mol. The van der Waals surface area contributed by atoms with Gasteiger partial charge < -0.3 is 15.7 Å². The minimum Gasteiger partial charge on any atom is -0.396 e. The lowest BCUT2D eigenvalue weighted by Crippen LogP contribution is -2.37. The number of hydrogen-bond donors (Lipinski definition) is 2. The van der Waals surface area contributed by atoms with Crippen LogP contribution in [0, 0.1) is 17.2 Å². The molecule has 1 fully saturated rings. The van der Waals surface area contributed by atoms with Crippen molar-refractivity contribution in [2.24, 2.45) is 5.92 Å². The van der Waals surface area contributed by atoms with Crippen molar-refractivity contribution in [2.75, 3.05) is 30.3 Å². The average molecular weight is 231 g/mol. The lowest BCUT2D eigenvalue weighted by molar-refractivity contribution is 0.209. The van der Waals surface area contributed by atoms with Crippen molar-refractivity contribution in [3.63, 3.8) is 0 Å². The highest BCUT2D eigenvalue weighted by molar-refractivity contribution is 5.74. The Labute approximate surface area is 101 Å². The molecule has 1 aliphatic rings. The molecule has 1 atom stereocenters. The largest absolute Gasteiger partial charge is 0.396 e. The highest BCUT2D eigenvalue weighted by Gasteiger charge is 2.21. The SMILES string of the molecule is N#Cc1cccc(N2CCCC(CO)C2)c1N. The Morgan fingerprint density at radius 2 is 2.35 bits per heavy atom. The highest BCUT2D eigenvalue weighted by Crippen LogP contribution is 2.29. The number of nitrogen functional groups attached to an aromatic ring is 1. The molecule has 1 heterocycles. The summed E-state index contributed by atoms with van der Waals surface area (Å²) in [6.45, 7) is 1.97. The maximum Gasteiger partial charge on any atom is 0.101 e. The van der Waals surface area contributed by atoms with Crippen LogP contribution in [-0.4, -0.2) is 24.8 Å². The van der Waals surface area contributed by atoms with Gasteiger partial charge in [0.2, 0.25) is 0 Å². The monoisotopic (exact) mass is 231 g/mol. The summed E-state index contributed by atoms with van der Waals surface area (Å²) in [7, 11) is 0. The van der Waals surface area contributed by atoms with Crippen LogP contribution in [0.15, 0.2) is 18.2 Å². The number of aliphatic hydroxyl groups excluding tert-OH is 1. The van der Waals surface area contributed by atoms with Gasteiger partial charge in [0.25, 0.3) is 0 Å². The molecule has 0 saturated carbocycles. The number of nitrogens with two attached hydrogens (primary N) is 1. The number of nitrogens with zero attached hydrogens (tertiary/aromatic N) is 2. The van der Waals surface area contributed by atoms with Gasteiger partial charge in [-0.3, -0.25) is 0 Å². The second-order valence-corrected chi connectivity index (χ2v) is 4.49. The second kappa shape index (κ2) is 5.07. The zero-order valence-electron chi connectivity index (χ0n) is 9.76. The van der Waals surface area contributed by atoms with Gasteiger partial charge in [-0.25, -0.2) is 0 Å². The van der Waals surface area contributed by atoms with E-state index in [0.717, 1.165) is 31.6 Å². The van der Waals surface area contributed by atoms with E-state index >= 15 is 0 Å². The van der Waals surface area contributed by atoms with Crippen molar-refractivity contribution >= 4 is 11.4 Å². The quantitative estimate of drug-likeness (QED) is 0.753. The molecule has 0 bridgehead atoms. The van der Waals surface area contributed by atoms with Crippen molar-refractivity contribution in [1.29, 1.82) is 5.26 Å². The van der Waals surface area contributed by atoms with E-state index in [1.54, 1.807) is 6.07 Å². The standard InChI is InChI=1S/C13H17N3O/c14-7-11-4-1-5-12(13(11)15)16-6-2-3-10(8-16)9-17/h1,4-5,10,17H,2-3,6,8-9,15H2. The van der Waals surface area contributed by atoms with E-state index in [-0.39, 0.29) is 6.61 Å². The number of para-hydroxylation sites is 1. The molecular weight excluding hydrogens is 214 g/mol. The van der Waals surface area contributed by atoms with Crippen molar-refractivity contribution < 1.29 is 5.11 Å². The summed E-state index contributed by atoms with van der Waals surface area (Å²) in [5.41, 5.74) is 7.98. The van der Waals surface area contributed by atoms with Gasteiger partial charge in [0.15, 0.2) is 0 Å². The molecule has 0 aliphatic carbocycles. The summed E-state index contributed by atoms with van der Waals surface area (Å²) in [5, 5.41) is 18.2. The van der Waals surface area contributed by atoms with Crippen molar-refractivity contribution in [3.05, 3.63) is 23.8 Å². The third kappa shape index (κ3) is 2.34. The fourth-order valence-corrected chi connectivity index (χ4v) is 2.36. The zero-order chi connectivity index (χ0) is 12.3. The van der Waals surface area contributed by atoms with Gasteiger partial charge in [0.05, 0.1) is 16.9 Å². The van der Waals surface area contributed by atoms with Crippen LogP contribution >= 0.6 is 0 Å². The molecule has 90 valence electrons. The van der Waals surface area contributed by atoms with Gasteiger partial charge in [0, 0.05) is 19.7 Å². The summed E-state index contributed by atoms with van der Waals surface area (Å²) in [6.07, 6.45) is 2.12.